The van der Waals surface area contributed by atoms with Crippen LogP contribution in [0.3, 0.4) is 0 Å². The molecule has 0 amide bonds. The van der Waals surface area contributed by atoms with Crippen LogP contribution in [0.5, 0.6) is 0 Å². The fourth-order valence-corrected chi connectivity index (χ4v) is 1.95. The van der Waals surface area contributed by atoms with E-state index in [2.05, 4.69) is 0 Å². The van der Waals surface area contributed by atoms with Crippen LogP contribution in [0.25, 0.3) is 0 Å². The molecule has 0 spiro atoms. The van der Waals surface area contributed by atoms with E-state index < -0.39 is 49.5 Å². The lowest BCUT2D eigenvalue weighted by molar-refractivity contribution is -0.255. The molecule has 1 aromatic rings. The highest BCUT2D eigenvalue weighted by Gasteiger charge is 2.30. The molecule has 0 N–H and O–H groups in total. The highest BCUT2D eigenvalue weighted by molar-refractivity contribution is 7.90. The third kappa shape index (κ3) is 2.09. The molecule has 0 unspecified atom stereocenters. The monoisotopic (exact) mass is 271 g/mol. The van der Waals surface area contributed by atoms with Gasteiger partial charge in [-0.05, 0) is 0 Å². The van der Waals surface area contributed by atoms with Crippen LogP contribution in [0.4, 0.5) is 17.6 Å². The minimum Gasteiger partial charge on any atom is -0.545 e. The summed E-state index contributed by atoms with van der Waals surface area (Å²) in [5.41, 5.74) is -1.99. The average molecular weight is 271 g/mol. The van der Waals surface area contributed by atoms with Gasteiger partial charge in [0.05, 0.1) is 11.5 Å². The molecular weight excluding hydrogens is 268 g/mol. The number of carbonyl (C=O) groups excluding carboxylic acids is 1. The van der Waals surface area contributed by atoms with E-state index >= 15 is 0 Å². The largest absolute Gasteiger partial charge is 0.545 e. The van der Waals surface area contributed by atoms with Crippen LogP contribution in [-0.4, -0.2) is 20.6 Å². The van der Waals surface area contributed by atoms with Crippen molar-refractivity contribution in [1.29, 1.82) is 0 Å². The van der Waals surface area contributed by atoms with Gasteiger partial charge in [-0.1, -0.05) is 0 Å². The quantitative estimate of drug-likeness (QED) is 0.561. The fourth-order valence-electron chi connectivity index (χ4n) is 1.12. The predicted molar refractivity (Wildman–Crippen MR) is 43.7 cm³/mol. The van der Waals surface area contributed by atoms with Gasteiger partial charge in [0.2, 0.25) is 0 Å². The molecule has 0 radical (unpaired) electrons. The lowest BCUT2D eigenvalue weighted by Gasteiger charge is -2.11. The van der Waals surface area contributed by atoms with Crippen LogP contribution in [-0.2, 0) is 9.84 Å². The van der Waals surface area contributed by atoms with Crippen molar-refractivity contribution in [2.24, 2.45) is 0 Å². The summed E-state index contributed by atoms with van der Waals surface area (Å²) >= 11 is 0. The second kappa shape index (κ2) is 3.99. The minimum atomic E-state index is -4.59. The van der Waals surface area contributed by atoms with Crippen LogP contribution in [0, 0.1) is 23.3 Å². The number of halogens is 4. The molecular formula is C8H3F4O4S-. The summed E-state index contributed by atoms with van der Waals surface area (Å²) in [4.78, 5) is 8.37. The summed E-state index contributed by atoms with van der Waals surface area (Å²) in [5, 5.41) is 10.2. The number of carboxylic acid groups (broad SMARTS) is 1. The predicted octanol–water partition coefficient (Wildman–Crippen LogP) is 0.0100. The smallest absolute Gasteiger partial charge is 0.181 e. The highest BCUT2D eigenvalue weighted by Crippen LogP contribution is 2.27. The SMILES string of the molecule is CS(=O)(=O)c1c(F)c(F)c(C(=O)[O-])c(F)c1F. The van der Waals surface area contributed by atoms with Crippen LogP contribution < -0.4 is 5.11 Å². The number of rotatable bonds is 2. The van der Waals surface area contributed by atoms with Crippen molar-refractivity contribution in [2.45, 2.75) is 4.90 Å². The maximum absolute atomic E-state index is 13.1. The molecule has 0 atom stereocenters. The van der Waals surface area contributed by atoms with Gasteiger partial charge in [-0.25, -0.2) is 26.0 Å². The first-order valence-corrected chi connectivity index (χ1v) is 5.75. The molecule has 17 heavy (non-hydrogen) atoms. The van der Waals surface area contributed by atoms with Gasteiger partial charge < -0.3 is 9.90 Å². The van der Waals surface area contributed by atoms with Crippen molar-refractivity contribution in [3.8, 4) is 0 Å². The van der Waals surface area contributed by atoms with Gasteiger partial charge in [0.25, 0.3) is 0 Å². The molecule has 0 aliphatic carbocycles. The van der Waals surface area contributed by atoms with Crippen molar-refractivity contribution in [3.05, 3.63) is 28.8 Å². The van der Waals surface area contributed by atoms with Crippen LogP contribution in [0.15, 0.2) is 4.90 Å². The number of carbonyl (C=O) groups is 1. The second-order valence-corrected chi connectivity index (χ2v) is 4.97. The van der Waals surface area contributed by atoms with E-state index in [1.165, 1.54) is 0 Å². The van der Waals surface area contributed by atoms with E-state index in [9.17, 15) is 35.9 Å². The normalized spacial score (nSPS) is 11.6. The second-order valence-electron chi connectivity index (χ2n) is 3.02. The van der Waals surface area contributed by atoms with Crippen LogP contribution in [0.1, 0.15) is 10.4 Å². The summed E-state index contributed by atoms with van der Waals surface area (Å²) in [7, 11) is -4.59. The summed E-state index contributed by atoms with van der Waals surface area (Å²) in [6, 6.07) is 0. The Balaban J connectivity index is 3.91. The molecule has 0 aromatic heterocycles. The molecule has 1 aromatic carbocycles. The van der Waals surface area contributed by atoms with E-state index in [4.69, 9.17) is 0 Å². The number of aromatic carboxylic acids is 1. The summed E-state index contributed by atoms with van der Waals surface area (Å²) < 4.78 is 74.0. The average Bonchev–Trinajstić information content (AvgIpc) is 2.12. The van der Waals surface area contributed by atoms with Gasteiger partial charge in [0.1, 0.15) is 4.90 Å². The van der Waals surface area contributed by atoms with E-state index in [-0.39, 0.29) is 0 Å². The Hall–Kier alpha value is -1.64. The molecule has 9 heteroatoms. The maximum Gasteiger partial charge on any atom is 0.181 e. The first-order valence-electron chi connectivity index (χ1n) is 3.86. The number of sulfone groups is 1. The van der Waals surface area contributed by atoms with Gasteiger partial charge in [-0.15, -0.1) is 0 Å². The number of hydrogen-bond donors (Lipinski definition) is 0. The molecule has 0 saturated carbocycles. The van der Waals surface area contributed by atoms with Gasteiger partial charge in [-0.3, -0.25) is 0 Å². The summed E-state index contributed by atoms with van der Waals surface area (Å²) in [6.45, 7) is 0. The molecule has 94 valence electrons. The van der Waals surface area contributed by atoms with Crippen LogP contribution >= 0.6 is 0 Å². The summed E-state index contributed by atoms with van der Waals surface area (Å²) in [5.74, 6) is -11.8. The molecule has 0 heterocycles. The Labute approximate surface area is 92.4 Å². The van der Waals surface area contributed by atoms with E-state index in [1.807, 2.05) is 0 Å². The third-order valence-electron chi connectivity index (χ3n) is 1.80. The Morgan fingerprint density at radius 1 is 1.00 bits per heavy atom. The van der Waals surface area contributed by atoms with Gasteiger partial charge >= 0.3 is 0 Å². The van der Waals surface area contributed by atoms with Crippen molar-refractivity contribution in [1.82, 2.24) is 0 Å². The molecule has 0 saturated heterocycles. The highest BCUT2D eigenvalue weighted by atomic mass is 32.2. The van der Waals surface area contributed by atoms with Crippen LogP contribution in [0.2, 0.25) is 0 Å². The zero-order chi connectivity index (χ0) is 13.5. The molecule has 0 fully saturated rings. The maximum atomic E-state index is 13.1. The fraction of sp³-hybridized carbons (Fsp3) is 0.125. The Morgan fingerprint density at radius 3 is 1.59 bits per heavy atom. The molecule has 0 aliphatic rings. The zero-order valence-corrected chi connectivity index (χ0v) is 8.87. The van der Waals surface area contributed by atoms with E-state index in [0.717, 1.165) is 0 Å². The Kier molecular flexibility index (Phi) is 3.15. The topological polar surface area (TPSA) is 74.3 Å². The standard InChI is InChI=1S/C8H4F4O4S/c1-17(15,16)7-5(11)3(9)2(8(13)14)4(10)6(7)12/h1H3,(H,13,14)/p-1. The molecule has 1 rings (SSSR count). The first kappa shape index (κ1) is 13.4. The molecule has 0 aliphatic heterocycles. The van der Waals surface area contributed by atoms with Gasteiger partial charge in [0, 0.05) is 6.26 Å². The number of benzene rings is 1. The van der Waals surface area contributed by atoms with Crippen molar-refractivity contribution >= 4 is 15.8 Å². The summed E-state index contributed by atoms with van der Waals surface area (Å²) in [6.07, 6.45) is 0.312. The Bertz CT molecular complexity index is 579. The number of hydrogen-bond acceptors (Lipinski definition) is 4. The Morgan fingerprint density at radius 2 is 1.35 bits per heavy atom. The minimum absolute atomic E-state index is 0.312. The third-order valence-corrected chi connectivity index (χ3v) is 2.90. The van der Waals surface area contributed by atoms with E-state index in [1.54, 1.807) is 0 Å². The molecule has 4 nitrogen and oxygen atoms in total. The van der Waals surface area contributed by atoms with Crippen molar-refractivity contribution < 1.29 is 35.9 Å². The van der Waals surface area contributed by atoms with E-state index in [0.29, 0.717) is 6.26 Å². The number of carboxylic acids is 1. The lowest BCUT2D eigenvalue weighted by Crippen LogP contribution is -2.27. The zero-order valence-electron chi connectivity index (χ0n) is 8.05. The van der Waals surface area contributed by atoms with Gasteiger partial charge in [-0.2, -0.15) is 0 Å². The lowest BCUT2D eigenvalue weighted by atomic mass is 10.2. The van der Waals surface area contributed by atoms with Crippen molar-refractivity contribution in [3.63, 3.8) is 0 Å². The van der Waals surface area contributed by atoms with Crippen molar-refractivity contribution in [2.75, 3.05) is 6.26 Å². The molecule has 0 bridgehead atoms. The van der Waals surface area contributed by atoms with Gasteiger partial charge in [0.15, 0.2) is 33.1 Å². The first-order chi connectivity index (χ1) is 7.59.